The molecule has 2 rings (SSSR count). The fraction of sp³-hybridized carbons (Fsp3) is 0.429. The van der Waals surface area contributed by atoms with Crippen LogP contribution >= 0.6 is 12.6 Å². The Hall–Kier alpha value is -2.55. The number of nitrogens with two attached hydrogens (primary N) is 1. The van der Waals surface area contributed by atoms with E-state index < -0.39 is 47.3 Å². The molecule has 0 radical (unpaired) electrons. The largest absolute Gasteiger partial charge is 0.509 e. The van der Waals surface area contributed by atoms with Crippen molar-refractivity contribution in [2.75, 3.05) is 12.4 Å². The molecule has 1 aromatic heterocycles. The van der Waals surface area contributed by atoms with Crippen molar-refractivity contribution in [1.82, 2.24) is 9.55 Å². The first kappa shape index (κ1) is 18.8. The fourth-order valence-corrected chi connectivity index (χ4v) is 2.65. The lowest BCUT2D eigenvalue weighted by atomic mass is 9.94. The summed E-state index contributed by atoms with van der Waals surface area (Å²) in [5, 5.41) is 29.9. The molecule has 1 aliphatic carbocycles. The summed E-state index contributed by atoms with van der Waals surface area (Å²) in [4.78, 5) is 36.7. The van der Waals surface area contributed by atoms with E-state index in [9.17, 15) is 29.9 Å². The molecule has 0 bridgehead atoms. The molecule has 1 aromatic rings. The van der Waals surface area contributed by atoms with Crippen LogP contribution in [0.2, 0.25) is 0 Å². The van der Waals surface area contributed by atoms with E-state index in [0.717, 1.165) is 16.8 Å². The molecule has 0 saturated carbocycles. The number of hydrogen-bond donors (Lipinski definition) is 5. The normalized spacial score (nSPS) is 24.0. The SMILES string of the molecule is N#C[C@@]1(n2ccc(=O)[nH]c2=O)CC(COC(=O)[C@H](N)CS)=C(O)C1O. The summed E-state index contributed by atoms with van der Waals surface area (Å²) in [5.74, 6) is -1.28. The van der Waals surface area contributed by atoms with Gasteiger partial charge in [-0.05, 0) is 0 Å². The molecule has 10 nitrogen and oxygen atoms in total. The summed E-state index contributed by atoms with van der Waals surface area (Å²) < 4.78 is 5.75. The highest BCUT2D eigenvalue weighted by molar-refractivity contribution is 7.80. The highest BCUT2D eigenvalue weighted by atomic mass is 32.1. The number of ether oxygens (including phenoxy) is 1. The van der Waals surface area contributed by atoms with Crippen LogP contribution in [0.4, 0.5) is 0 Å². The zero-order valence-electron chi connectivity index (χ0n) is 12.9. The summed E-state index contributed by atoms with van der Waals surface area (Å²) in [6, 6.07) is 1.85. The number of aliphatic hydroxyl groups is 2. The lowest BCUT2D eigenvalue weighted by molar-refractivity contribution is -0.143. The van der Waals surface area contributed by atoms with Gasteiger partial charge < -0.3 is 20.7 Å². The number of aromatic amines is 1. The molecule has 1 unspecified atom stereocenters. The third-order valence-electron chi connectivity index (χ3n) is 3.89. The first-order chi connectivity index (χ1) is 11.8. The van der Waals surface area contributed by atoms with Crippen molar-refractivity contribution in [3.8, 4) is 6.07 Å². The van der Waals surface area contributed by atoms with E-state index in [2.05, 4.69) is 12.6 Å². The first-order valence-corrected chi connectivity index (χ1v) is 7.75. The number of hydrogen-bond acceptors (Lipinski definition) is 9. The summed E-state index contributed by atoms with van der Waals surface area (Å²) in [6.07, 6.45) is -0.980. The maximum atomic E-state index is 12.0. The molecule has 1 heterocycles. The zero-order valence-corrected chi connectivity index (χ0v) is 13.8. The average molecular weight is 368 g/mol. The average Bonchev–Trinajstić information content (AvgIpc) is 2.84. The second-order valence-corrected chi connectivity index (χ2v) is 5.85. The van der Waals surface area contributed by atoms with Crippen LogP contribution in [-0.4, -0.2) is 50.2 Å². The monoisotopic (exact) mass is 368 g/mol. The van der Waals surface area contributed by atoms with Crippen molar-refractivity contribution >= 4 is 18.6 Å². The number of esters is 1. The third-order valence-corrected chi connectivity index (χ3v) is 4.29. The Bertz CT molecular complexity index is 869. The van der Waals surface area contributed by atoms with Crippen molar-refractivity contribution in [3.63, 3.8) is 0 Å². The van der Waals surface area contributed by atoms with Gasteiger partial charge in [0.2, 0.25) is 0 Å². The topological polar surface area (TPSA) is 171 Å². The minimum Gasteiger partial charge on any atom is -0.509 e. The van der Waals surface area contributed by atoms with Gasteiger partial charge in [0, 0.05) is 30.0 Å². The summed E-state index contributed by atoms with van der Waals surface area (Å²) in [7, 11) is 0. The van der Waals surface area contributed by atoms with E-state index in [1.165, 1.54) is 0 Å². The van der Waals surface area contributed by atoms with Gasteiger partial charge in [-0.15, -0.1) is 0 Å². The van der Waals surface area contributed by atoms with E-state index in [0.29, 0.717) is 0 Å². The van der Waals surface area contributed by atoms with Gasteiger partial charge in [0.25, 0.3) is 5.56 Å². The molecule has 0 aliphatic heterocycles. The fourth-order valence-electron chi connectivity index (χ4n) is 2.50. The van der Waals surface area contributed by atoms with Crippen molar-refractivity contribution < 1.29 is 19.7 Å². The Kier molecular flexibility index (Phi) is 5.36. The highest BCUT2D eigenvalue weighted by Gasteiger charge is 2.50. The molecule has 0 aromatic carbocycles. The Morgan fingerprint density at radius 3 is 2.88 bits per heavy atom. The minimum atomic E-state index is -1.88. The van der Waals surface area contributed by atoms with E-state index in [-0.39, 0.29) is 17.7 Å². The van der Waals surface area contributed by atoms with Gasteiger partial charge >= 0.3 is 11.7 Å². The Morgan fingerprint density at radius 2 is 2.32 bits per heavy atom. The van der Waals surface area contributed by atoms with Crippen LogP contribution in [0.3, 0.4) is 0 Å². The van der Waals surface area contributed by atoms with Crippen LogP contribution in [0, 0.1) is 11.3 Å². The number of carbonyl (C=O) groups excluding carboxylic acids is 1. The molecule has 3 atom stereocenters. The number of thiol groups is 1. The van der Waals surface area contributed by atoms with Crippen molar-refractivity contribution in [3.05, 3.63) is 44.4 Å². The van der Waals surface area contributed by atoms with Gasteiger partial charge in [0.05, 0.1) is 6.07 Å². The molecule has 0 amide bonds. The standard InChI is InChI=1S/C14H16N4O6S/c15-6-14(18-2-1-9(19)17-13(18)23)3-7(10(20)11(14)21)4-24-12(22)8(16)5-25/h1-2,8,11,20-21,25H,3-5,16H2,(H,17,19,23)/t8-,11?,14+/m1/s1. The van der Waals surface area contributed by atoms with Crippen molar-refractivity contribution in [2.24, 2.45) is 5.73 Å². The Labute approximate surface area is 146 Å². The number of nitrogens with one attached hydrogen (secondary N) is 1. The Balaban J connectivity index is 2.31. The maximum absolute atomic E-state index is 12.0. The summed E-state index contributed by atoms with van der Waals surface area (Å²) in [5.41, 5.74) is 2.05. The predicted molar refractivity (Wildman–Crippen MR) is 88.0 cm³/mol. The summed E-state index contributed by atoms with van der Waals surface area (Å²) in [6.45, 7) is -0.412. The van der Waals surface area contributed by atoms with Crippen molar-refractivity contribution in [2.45, 2.75) is 24.1 Å². The van der Waals surface area contributed by atoms with Gasteiger partial charge in [-0.25, -0.2) is 4.79 Å². The number of rotatable bonds is 5. The van der Waals surface area contributed by atoms with Crippen LogP contribution in [0.5, 0.6) is 0 Å². The maximum Gasteiger partial charge on any atom is 0.329 e. The number of H-pyrrole nitrogens is 1. The molecule has 134 valence electrons. The predicted octanol–water partition coefficient (Wildman–Crippen LogP) is -1.87. The number of aliphatic hydroxyl groups excluding tert-OH is 2. The molecule has 25 heavy (non-hydrogen) atoms. The highest BCUT2D eigenvalue weighted by Crippen LogP contribution is 2.38. The van der Waals surface area contributed by atoms with Crippen LogP contribution < -0.4 is 17.0 Å². The second-order valence-electron chi connectivity index (χ2n) is 5.48. The van der Waals surface area contributed by atoms with Gasteiger partial charge in [-0.2, -0.15) is 17.9 Å². The molecular formula is C14H16N4O6S. The lowest BCUT2D eigenvalue weighted by Crippen LogP contribution is -2.48. The molecule has 5 N–H and O–H groups in total. The van der Waals surface area contributed by atoms with Gasteiger partial charge in [0.15, 0.2) is 5.54 Å². The lowest BCUT2D eigenvalue weighted by Gasteiger charge is -2.27. The Morgan fingerprint density at radius 1 is 1.64 bits per heavy atom. The number of nitriles is 1. The molecule has 1 aliphatic rings. The van der Waals surface area contributed by atoms with Crippen LogP contribution in [0.1, 0.15) is 6.42 Å². The quantitative estimate of drug-likeness (QED) is 0.297. The van der Waals surface area contributed by atoms with Gasteiger partial charge in [-0.1, -0.05) is 0 Å². The molecule has 0 fully saturated rings. The molecular weight excluding hydrogens is 352 g/mol. The third kappa shape index (κ3) is 3.32. The number of carbonyl (C=O) groups is 1. The van der Waals surface area contributed by atoms with Crippen LogP contribution in [-0.2, 0) is 15.1 Å². The second kappa shape index (κ2) is 7.14. The minimum absolute atomic E-state index is 0.0569. The van der Waals surface area contributed by atoms with E-state index in [1.807, 2.05) is 4.98 Å². The van der Waals surface area contributed by atoms with Gasteiger partial charge in [-0.3, -0.25) is 19.1 Å². The smallest absolute Gasteiger partial charge is 0.329 e. The van der Waals surface area contributed by atoms with E-state index in [1.54, 1.807) is 6.07 Å². The number of nitrogens with zero attached hydrogens (tertiary/aromatic N) is 2. The van der Waals surface area contributed by atoms with Crippen molar-refractivity contribution in [1.29, 1.82) is 5.26 Å². The van der Waals surface area contributed by atoms with Crippen LogP contribution in [0.15, 0.2) is 33.2 Å². The molecule has 0 spiro atoms. The molecule has 0 saturated heterocycles. The molecule has 11 heteroatoms. The van der Waals surface area contributed by atoms with Gasteiger partial charge in [0.1, 0.15) is 24.5 Å². The van der Waals surface area contributed by atoms with E-state index >= 15 is 0 Å². The van der Waals surface area contributed by atoms with Crippen LogP contribution in [0.25, 0.3) is 0 Å². The number of aromatic nitrogens is 2. The first-order valence-electron chi connectivity index (χ1n) is 7.12. The van der Waals surface area contributed by atoms with E-state index in [4.69, 9.17) is 10.5 Å². The summed E-state index contributed by atoms with van der Waals surface area (Å²) >= 11 is 3.86. The zero-order chi connectivity index (χ0) is 18.8.